The van der Waals surface area contributed by atoms with Crippen LogP contribution in [0.3, 0.4) is 0 Å². The Labute approximate surface area is 140 Å². The number of phosphoric acid groups is 3. The van der Waals surface area contributed by atoms with Crippen molar-refractivity contribution in [3.63, 3.8) is 0 Å². The minimum atomic E-state index is -5.68. The minimum Gasteiger partial charge on any atom is -0.822 e. The van der Waals surface area contributed by atoms with Crippen molar-refractivity contribution < 1.29 is 117 Å². The van der Waals surface area contributed by atoms with Gasteiger partial charge in [0.15, 0.2) is 0 Å². The van der Waals surface area contributed by atoms with Gasteiger partial charge in [-0.25, -0.2) is 0 Å². The maximum atomic E-state index is 9.32. The van der Waals surface area contributed by atoms with Gasteiger partial charge in [-0.2, -0.15) is 7.82 Å². The van der Waals surface area contributed by atoms with Gasteiger partial charge >= 0.3 is 46.6 Å². The number of hydrogen-bond donors (Lipinski definition) is 0. The molecular weight excluding hydrogens is 399 g/mol. The predicted molar refractivity (Wildman–Crippen MR) is 23.9 cm³/mol. The van der Waals surface area contributed by atoms with Gasteiger partial charge in [0.2, 0.25) is 0 Å². The second-order valence-corrected chi connectivity index (χ2v) is 4.76. The van der Waals surface area contributed by atoms with Crippen molar-refractivity contribution in [2.75, 3.05) is 0 Å². The molecule has 0 spiro atoms. The van der Waals surface area contributed by atoms with E-state index in [4.69, 9.17) is 19.2 Å². The number of rotatable bonds is 2. The standard InChI is InChI=1S/Fe.Na.H4O7P2.H3O4P.V/c;;1-8(2,3)7-9(4,5)6;1-5(2,3)4;/h;;(H2,1,2,3)(H2,4,5,6);(H3,1,2,3,4);/q+3;+1;;;/p-7. The summed E-state index contributed by atoms with van der Waals surface area (Å²) in [6.45, 7) is 0. The maximum Gasteiger partial charge on any atom is 3.00 e. The average molecular weight is 399 g/mol. The Hall–Kier alpha value is 2.47. The van der Waals surface area contributed by atoms with Crippen LogP contribution in [0.15, 0.2) is 0 Å². The molecule has 11 nitrogen and oxygen atoms in total. The van der Waals surface area contributed by atoms with E-state index in [9.17, 15) is 28.7 Å². The van der Waals surface area contributed by atoms with E-state index in [1.165, 1.54) is 0 Å². The van der Waals surface area contributed by atoms with E-state index in [2.05, 4.69) is 4.31 Å². The fourth-order valence-corrected chi connectivity index (χ4v) is 1.10. The Morgan fingerprint density at radius 3 is 0.824 bits per heavy atom. The van der Waals surface area contributed by atoms with E-state index in [1.807, 2.05) is 0 Å². The monoisotopic (exact) mass is 399 g/mol. The maximum absolute atomic E-state index is 9.32. The third-order valence-corrected chi connectivity index (χ3v) is 1.80. The molecule has 0 aliphatic heterocycles. The molecule has 2 radical (unpaired) electrons. The Morgan fingerprint density at radius 1 is 0.706 bits per heavy atom. The van der Waals surface area contributed by atoms with E-state index in [1.54, 1.807) is 0 Å². The molecule has 0 aromatic carbocycles. The van der Waals surface area contributed by atoms with E-state index >= 15 is 0 Å². The van der Waals surface area contributed by atoms with Gasteiger partial charge in [0.1, 0.15) is 0 Å². The summed E-state index contributed by atoms with van der Waals surface area (Å²) >= 11 is 0. The van der Waals surface area contributed by atoms with Crippen LogP contribution >= 0.6 is 23.5 Å². The normalized spacial score (nSPS) is 10.8. The quantitative estimate of drug-likeness (QED) is 0.313. The van der Waals surface area contributed by atoms with Gasteiger partial charge in [0.25, 0.3) is 0 Å². The van der Waals surface area contributed by atoms with E-state index in [0.29, 0.717) is 0 Å². The summed E-state index contributed by atoms with van der Waals surface area (Å²) in [6.07, 6.45) is 0. The van der Waals surface area contributed by atoms with Crippen LogP contribution in [0.25, 0.3) is 0 Å². The van der Waals surface area contributed by atoms with E-state index in [0.717, 1.165) is 0 Å². The second kappa shape index (κ2) is 12.2. The summed E-state index contributed by atoms with van der Waals surface area (Å²) in [7, 11) is -16.7. The van der Waals surface area contributed by atoms with Gasteiger partial charge < -0.3 is 52.3 Å². The molecule has 0 fully saturated rings. The molecule has 0 aromatic rings. The first-order valence-corrected chi connectivity index (χ1v) is 6.57. The molecule has 0 unspecified atom stereocenters. The molecule has 0 aliphatic carbocycles. The van der Waals surface area contributed by atoms with Gasteiger partial charge in [-0.15, -0.1) is 0 Å². The van der Waals surface area contributed by atoms with Crippen LogP contribution in [0.4, 0.5) is 0 Å². The molecule has 17 heteroatoms. The third kappa shape index (κ3) is 69.8. The molecule has 0 saturated carbocycles. The molecule has 17 heavy (non-hydrogen) atoms. The molecular formula is FeNaO11P3V-3. The first kappa shape index (κ1) is 31.7. The Bertz CT molecular complexity index is 270. The first-order chi connectivity index (χ1) is 5.71. The molecule has 0 atom stereocenters. The third-order valence-electron chi connectivity index (χ3n) is 0.200. The molecule has 0 N–H and O–H groups in total. The molecule has 0 aliphatic rings. The minimum absolute atomic E-state index is 0. The molecule has 98 valence electrons. The van der Waals surface area contributed by atoms with Crippen molar-refractivity contribution in [1.29, 1.82) is 0 Å². The Morgan fingerprint density at radius 2 is 0.824 bits per heavy atom. The fraction of sp³-hybridized carbons (Fsp3) is 0. The zero-order valence-corrected chi connectivity index (χ0v) is 14.8. The summed E-state index contributed by atoms with van der Waals surface area (Å²) in [6, 6.07) is 0. The summed E-state index contributed by atoms with van der Waals surface area (Å²) in [5.74, 6) is 0. The molecule has 0 aromatic heterocycles. The van der Waals surface area contributed by atoms with Crippen LogP contribution in [0.2, 0.25) is 0 Å². The molecule has 0 saturated heterocycles. The van der Waals surface area contributed by atoms with Gasteiger partial charge in [-0.3, -0.25) is 0 Å². The zero-order chi connectivity index (χ0) is 12.2. The van der Waals surface area contributed by atoms with Crippen molar-refractivity contribution in [2.45, 2.75) is 0 Å². The number of hydrogen-bond acceptors (Lipinski definition) is 11. The van der Waals surface area contributed by atoms with Crippen LogP contribution in [0.1, 0.15) is 0 Å². The molecule has 0 heterocycles. The van der Waals surface area contributed by atoms with Crippen molar-refractivity contribution in [3.05, 3.63) is 0 Å². The average Bonchev–Trinajstić information content (AvgIpc) is 1.42. The topological polar surface area (TPSA) is 222 Å². The van der Waals surface area contributed by atoms with Crippen molar-refractivity contribution >= 4 is 23.5 Å². The van der Waals surface area contributed by atoms with E-state index in [-0.39, 0.29) is 65.2 Å². The van der Waals surface area contributed by atoms with Crippen LogP contribution in [-0.2, 0) is 53.6 Å². The summed E-state index contributed by atoms with van der Waals surface area (Å²) < 4.78 is 29.7. The smallest absolute Gasteiger partial charge is 0.822 e. The van der Waals surface area contributed by atoms with Crippen LogP contribution in [-0.4, -0.2) is 0 Å². The van der Waals surface area contributed by atoms with Crippen molar-refractivity contribution in [1.82, 2.24) is 0 Å². The van der Waals surface area contributed by atoms with Gasteiger partial charge in [-0.1, -0.05) is 0 Å². The summed E-state index contributed by atoms with van der Waals surface area (Å²) in [5, 5.41) is 0. The van der Waals surface area contributed by atoms with E-state index < -0.39 is 23.5 Å². The van der Waals surface area contributed by atoms with Crippen LogP contribution in [0, 0.1) is 0 Å². The summed E-state index contributed by atoms with van der Waals surface area (Å²) in [5.41, 5.74) is 0. The second-order valence-electron chi connectivity index (χ2n) is 1.42. The van der Waals surface area contributed by atoms with Crippen molar-refractivity contribution in [2.24, 2.45) is 0 Å². The predicted octanol–water partition coefficient (Wildman–Crippen LogP) is -9.17. The molecule has 0 bridgehead atoms. The Balaban J connectivity index is -0.0000000533. The van der Waals surface area contributed by atoms with Gasteiger partial charge in [0.05, 0.1) is 15.6 Å². The Kier molecular flexibility index (Phi) is 22.8. The first-order valence-electron chi connectivity index (χ1n) is 2.19. The molecule has 0 amide bonds. The van der Waals surface area contributed by atoms with Crippen molar-refractivity contribution in [3.8, 4) is 0 Å². The largest absolute Gasteiger partial charge is 3.00 e. The summed E-state index contributed by atoms with van der Waals surface area (Å²) in [4.78, 5) is 62.9. The van der Waals surface area contributed by atoms with Crippen LogP contribution in [0.5, 0.6) is 0 Å². The van der Waals surface area contributed by atoms with Gasteiger partial charge in [0, 0.05) is 18.6 Å². The SMILES string of the molecule is O=P([O-])([O-])OP(=O)([O-])[O-].O=P([O-])([O-])[O-].[Fe+3].[Na+].[V]. The van der Waals surface area contributed by atoms with Crippen LogP contribution < -0.4 is 63.8 Å². The zero-order valence-electron chi connectivity index (χ0n) is 7.63. The van der Waals surface area contributed by atoms with Gasteiger partial charge in [-0.05, 0) is 0 Å². The fourth-order valence-electron chi connectivity index (χ4n) is 0.122. The molecule has 0 rings (SSSR count).